The highest BCUT2D eigenvalue weighted by Gasteiger charge is 2.00. The number of methoxy groups -OCH3 is 1. The third kappa shape index (κ3) is 3.53. The Morgan fingerprint density at radius 3 is 2.93 bits per heavy atom. The predicted molar refractivity (Wildman–Crippen MR) is 61.7 cm³/mol. The average Bonchev–Trinajstić information content (AvgIpc) is 2.26. The van der Waals surface area contributed by atoms with Crippen molar-refractivity contribution < 1.29 is 14.3 Å². The van der Waals surface area contributed by atoms with Gasteiger partial charge in [-0.25, -0.2) is 0 Å². The van der Waals surface area contributed by atoms with E-state index in [0.29, 0.717) is 11.0 Å². The molecule has 0 saturated carbocycles. The number of carbonyl (C=O) groups is 1. The summed E-state index contributed by atoms with van der Waals surface area (Å²) in [6, 6.07) is 7.46. The van der Waals surface area contributed by atoms with Crippen LogP contribution >= 0.6 is 22.6 Å². The lowest BCUT2D eigenvalue weighted by atomic mass is 10.2. The van der Waals surface area contributed by atoms with E-state index in [1.165, 1.54) is 0 Å². The van der Waals surface area contributed by atoms with Gasteiger partial charge in [-0.15, -0.1) is 0 Å². The van der Waals surface area contributed by atoms with Crippen LogP contribution in [0.2, 0.25) is 0 Å². The lowest BCUT2D eigenvalue weighted by Crippen LogP contribution is -2.05. The topological polar surface area (TPSA) is 35.5 Å². The minimum Gasteiger partial charge on any atom is -0.497 e. The van der Waals surface area contributed by atoms with Crippen LogP contribution in [-0.4, -0.2) is 17.5 Å². The molecule has 0 bridgehead atoms. The van der Waals surface area contributed by atoms with Crippen LogP contribution in [-0.2, 0) is 16.1 Å². The van der Waals surface area contributed by atoms with Crippen molar-refractivity contribution in [2.24, 2.45) is 0 Å². The minimum atomic E-state index is -0.201. The number of rotatable bonds is 4. The van der Waals surface area contributed by atoms with Crippen molar-refractivity contribution in [2.45, 2.75) is 6.61 Å². The number of esters is 1. The molecule has 0 aromatic heterocycles. The fraction of sp³-hybridized carbons (Fsp3) is 0.300. The van der Waals surface area contributed by atoms with Crippen LogP contribution in [0.1, 0.15) is 5.56 Å². The maximum absolute atomic E-state index is 10.9. The van der Waals surface area contributed by atoms with E-state index < -0.39 is 0 Å². The average molecular weight is 306 g/mol. The zero-order valence-corrected chi connectivity index (χ0v) is 9.98. The second-order valence-corrected chi connectivity index (χ2v) is 3.41. The molecular formula is C10H11IO3. The highest BCUT2D eigenvalue weighted by atomic mass is 127. The molecule has 0 N–H and O–H groups in total. The van der Waals surface area contributed by atoms with E-state index in [9.17, 15) is 4.79 Å². The van der Waals surface area contributed by atoms with Gasteiger partial charge >= 0.3 is 5.97 Å². The molecule has 0 aliphatic heterocycles. The maximum atomic E-state index is 10.9. The fourth-order valence-corrected chi connectivity index (χ4v) is 1.18. The van der Waals surface area contributed by atoms with E-state index in [2.05, 4.69) is 0 Å². The highest BCUT2D eigenvalue weighted by Crippen LogP contribution is 2.13. The van der Waals surface area contributed by atoms with Crippen molar-refractivity contribution in [3.8, 4) is 5.75 Å². The van der Waals surface area contributed by atoms with Crippen LogP contribution < -0.4 is 4.74 Å². The van der Waals surface area contributed by atoms with E-state index in [0.717, 1.165) is 11.3 Å². The standard InChI is InChI=1S/C10H11IO3/c1-13-9-4-2-3-8(5-9)7-14-10(12)6-11/h2-5H,6-7H2,1H3. The quantitative estimate of drug-likeness (QED) is 0.486. The molecule has 0 spiro atoms. The molecule has 1 rings (SSSR count). The Morgan fingerprint density at radius 2 is 2.29 bits per heavy atom. The van der Waals surface area contributed by atoms with Crippen LogP contribution in [0.15, 0.2) is 24.3 Å². The molecule has 14 heavy (non-hydrogen) atoms. The summed E-state index contributed by atoms with van der Waals surface area (Å²) in [6.07, 6.45) is 0. The van der Waals surface area contributed by atoms with E-state index >= 15 is 0 Å². The first kappa shape index (κ1) is 11.3. The number of halogens is 1. The smallest absolute Gasteiger partial charge is 0.316 e. The van der Waals surface area contributed by atoms with Gasteiger partial charge in [0.05, 0.1) is 11.5 Å². The second kappa shape index (κ2) is 5.85. The van der Waals surface area contributed by atoms with E-state index in [1.807, 2.05) is 46.9 Å². The van der Waals surface area contributed by atoms with Gasteiger partial charge < -0.3 is 9.47 Å². The molecule has 0 heterocycles. The maximum Gasteiger partial charge on any atom is 0.316 e. The first-order valence-electron chi connectivity index (χ1n) is 4.11. The number of ether oxygens (including phenoxy) is 2. The minimum absolute atomic E-state index is 0.201. The lowest BCUT2D eigenvalue weighted by Gasteiger charge is -2.04. The van der Waals surface area contributed by atoms with Gasteiger partial charge in [0, 0.05) is 0 Å². The summed E-state index contributed by atoms with van der Waals surface area (Å²) >= 11 is 1.97. The van der Waals surface area contributed by atoms with E-state index in [1.54, 1.807) is 7.11 Å². The number of benzene rings is 1. The monoisotopic (exact) mass is 306 g/mol. The van der Waals surface area contributed by atoms with Gasteiger partial charge in [-0.1, -0.05) is 34.7 Å². The summed E-state index contributed by atoms with van der Waals surface area (Å²) in [5.41, 5.74) is 0.933. The molecule has 0 radical (unpaired) electrons. The Hall–Kier alpha value is -0.780. The van der Waals surface area contributed by atoms with Crippen molar-refractivity contribution in [2.75, 3.05) is 11.5 Å². The zero-order valence-electron chi connectivity index (χ0n) is 7.83. The molecule has 3 nitrogen and oxygen atoms in total. The van der Waals surface area contributed by atoms with Crippen LogP contribution in [0.5, 0.6) is 5.75 Å². The third-order valence-corrected chi connectivity index (χ3v) is 2.27. The third-order valence-electron chi connectivity index (χ3n) is 1.64. The molecule has 1 aromatic carbocycles. The molecular weight excluding hydrogens is 295 g/mol. The van der Waals surface area contributed by atoms with Gasteiger partial charge in [-0.3, -0.25) is 4.79 Å². The Morgan fingerprint density at radius 1 is 1.50 bits per heavy atom. The van der Waals surface area contributed by atoms with Gasteiger partial charge in [-0.05, 0) is 17.7 Å². The first-order chi connectivity index (χ1) is 6.76. The summed E-state index contributed by atoms with van der Waals surface area (Å²) in [6.45, 7) is 0.305. The Bertz CT molecular complexity index is 312. The van der Waals surface area contributed by atoms with E-state index in [-0.39, 0.29) is 5.97 Å². The molecule has 0 unspecified atom stereocenters. The number of carbonyl (C=O) groups excluding carboxylic acids is 1. The number of alkyl halides is 1. The van der Waals surface area contributed by atoms with Crippen molar-refractivity contribution in [1.29, 1.82) is 0 Å². The fourth-order valence-electron chi connectivity index (χ4n) is 0.965. The SMILES string of the molecule is COc1cccc(COC(=O)CI)c1. The zero-order chi connectivity index (χ0) is 10.4. The van der Waals surface area contributed by atoms with Crippen molar-refractivity contribution >= 4 is 28.6 Å². The lowest BCUT2D eigenvalue weighted by molar-refractivity contribution is -0.141. The van der Waals surface area contributed by atoms with Gasteiger partial charge in [0.15, 0.2) is 0 Å². The van der Waals surface area contributed by atoms with Gasteiger partial charge in [0.25, 0.3) is 0 Å². The number of hydrogen-bond acceptors (Lipinski definition) is 3. The van der Waals surface area contributed by atoms with Crippen LogP contribution in [0.25, 0.3) is 0 Å². The first-order valence-corrected chi connectivity index (χ1v) is 5.63. The summed E-state index contributed by atoms with van der Waals surface area (Å²) in [5.74, 6) is 0.571. The molecule has 0 saturated heterocycles. The van der Waals surface area contributed by atoms with Gasteiger partial charge in [0.2, 0.25) is 0 Å². The molecule has 76 valence electrons. The molecule has 0 fully saturated rings. The summed E-state index contributed by atoms with van der Waals surface area (Å²) < 4.78 is 10.4. The number of hydrogen-bond donors (Lipinski definition) is 0. The van der Waals surface area contributed by atoms with Crippen molar-refractivity contribution in [1.82, 2.24) is 0 Å². The predicted octanol–water partition coefficient (Wildman–Crippen LogP) is 2.17. The van der Waals surface area contributed by atoms with Crippen molar-refractivity contribution in [3.05, 3.63) is 29.8 Å². The molecule has 0 aliphatic carbocycles. The summed E-state index contributed by atoms with van der Waals surface area (Å²) in [7, 11) is 1.61. The molecule has 4 heteroatoms. The van der Waals surface area contributed by atoms with Crippen LogP contribution in [0.4, 0.5) is 0 Å². The Labute approximate surface area is 96.5 Å². The highest BCUT2D eigenvalue weighted by molar-refractivity contribution is 14.1. The summed E-state index contributed by atoms with van der Waals surface area (Å²) in [5, 5.41) is 0. The Balaban J connectivity index is 2.54. The molecule has 1 aromatic rings. The van der Waals surface area contributed by atoms with Crippen LogP contribution in [0.3, 0.4) is 0 Å². The molecule has 0 amide bonds. The normalized spacial score (nSPS) is 9.57. The van der Waals surface area contributed by atoms with E-state index in [4.69, 9.17) is 9.47 Å². The summed E-state index contributed by atoms with van der Waals surface area (Å²) in [4.78, 5) is 10.9. The second-order valence-electron chi connectivity index (χ2n) is 2.65. The molecule has 0 aliphatic rings. The Kier molecular flexibility index (Phi) is 4.72. The van der Waals surface area contributed by atoms with Gasteiger partial charge in [0.1, 0.15) is 12.4 Å². The van der Waals surface area contributed by atoms with Crippen molar-refractivity contribution in [3.63, 3.8) is 0 Å². The largest absolute Gasteiger partial charge is 0.497 e. The molecule has 0 atom stereocenters. The van der Waals surface area contributed by atoms with Gasteiger partial charge in [-0.2, -0.15) is 0 Å². The van der Waals surface area contributed by atoms with Crippen LogP contribution in [0, 0.1) is 0 Å².